The number of aromatic hydroxyl groups is 1. The lowest BCUT2D eigenvalue weighted by Crippen LogP contribution is -2.39. The summed E-state index contributed by atoms with van der Waals surface area (Å²) in [6.07, 6.45) is 0. The number of anilines is 2. The zero-order valence-electron chi connectivity index (χ0n) is 14.2. The molecular weight excluding hydrogens is 318 g/mol. The van der Waals surface area contributed by atoms with E-state index in [1.807, 2.05) is 12.1 Å². The molecule has 2 aliphatic rings. The van der Waals surface area contributed by atoms with Gasteiger partial charge in [-0.25, -0.2) is 4.98 Å². The molecule has 1 aromatic carbocycles. The number of nitrogens with zero attached hydrogens (tertiary/aromatic N) is 3. The number of aromatic nitrogens is 1. The van der Waals surface area contributed by atoms with Gasteiger partial charge in [0.05, 0.1) is 26.4 Å². The third-order valence-electron chi connectivity index (χ3n) is 4.65. The fourth-order valence-electron chi connectivity index (χ4n) is 3.26. The van der Waals surface area contributed by atoms with Crippen LogP contribution in [0.3, 0.4) is 0 Å². The first kappa shape index (κ1) is 16.2. The van der Waals surface area contributed by atoms with Crippen LogP contribution in [0.2, 0.25) is 0 Å². The predicted octanol–water partition coefficient (Wildman–Crippen LogP) is 2.13. The van der Waals surface area contributed by atoms with Crippen LogP contribution in [0.15, 0.2) is 36.4 Å². The molecule has 0 unspecified atom stereocenters. The van der Waals surface area contributed by atoms with E-state index in [-0.39, 0.29) is 5.75 Å². The van der Waals surface area contributed by atoms with E-state index in [1.54, 1.807) is 12.1 Å². The summed E-state index contributed by atoms with van der Waals surface area (Å²) in [6, 6.07) is 11.6. The Morgan fingerprint density at radius 1 is 0.760 bits per heavy atom. The van der Waals surface area contributed by atoms with E-state index in [4.69, 9.17) is 14.5 Å². The Morgan fingerprint density at radius 3 is 1.84 bits per heavy atom. The summed E-state index contributed by atoms with van der Waals surface area (Å²) in [5.41, 5.74) is 2.06. The van der Waals surface area contributed by atoms with Crippen LogP contribution in [0, 0.1) is 0 Å². The molecule has 2 aromatic rings. The summed E-state index contributed by atoms with van der Waals surface area (Å²) in [4.78, 5) is 9.43. The fourth-order valence-corrected chi connectivity index (χ4v) is 3.26. The van der Waals surface area contributed by atoms with E-state index in [2.05, 4.69) is 21.9 Å². The smallest absolute Gasteiger partial charge is 0.131 e. The molecule has 0 radical (unpaired) electrons. The number of benzene rings is 1. The number of phenols is 1. The number of hydrogen-bond donors (Lipinski definition) is 1. The van der Waals surface area contributed by atoms with Gasteiger partial charge in [0.1, 0.15) is 17.4 Å². The quantitative estimate of drug-likeness (QED) is 0.923. The van der Waals surface area contributed by atoms with Crippen LogP contribution in [0.4, 0.5) is 11.6 Å². The Labute approximate surface area is 147 Å². The summed E-state index contributed by atoms with van der Waals surface area (Å²) in [7, 11) is 0. The largest absolute Gasteiger partial charge is 0.508 e. The molecule has 0 spiro atoms. The van der Waals surface area contributed by atoms with Crippen LogP contribution in [0.5, 0.6) is 5.75 Å². The van der Waals surface area contributed by atoms with Crippen molar-refractivity contribution >= 4 is 11.6 Å². The first-order valence-corrected chi connectivity index (χ1v) is 8.76. The zero-order chi connectivity index (χ0) is 17.1. The van der Waals surface area contributed by atoms with Crippen LogP contribution in [0.1, 0.15) is 0 Å². The van der Waals surface area contributed by atoms with Crippen molar-refractivity contribution in [2.24, 2.45) is 0 Å². The number of morpholine rings is 2. The molecule has 1 aromatic heterocycles. The van der Waals surface area contributed by atoms with E-state index in [1.165, 1.54) is 0 Å². The first-order valence-electron chi connectivity index (χ1n) is 8.76. The highest BCUT2D eigenvalue weighted by molar-refractivity contribution is 5.72. The van der Waals surface area contributed by atoms with Gasteiger partial charge in [-0.1, -0.05) is 12.1 Å². The standard InChI is InChI=1S/C19H23N3O3/c23-17-3-1-2-15(12-17)16-13-18(21-4-8-24-9-5-21)20-19(14-16)22-6-10-25-11-7-22/h1-3,12-14,23H,4-11H2. The Hall–Kier alpha value is -2.31. The van der Waals surface area contributed by atoms with Gasteiger partial charge in [0.15, 0.2) is 0 Å². The lowest BCUT2D eigenvalue weighted by Gasteiger charge is -2.32. The van der Waals surface area contributed by atoms with E-state index >= 15 is 0 Å². The Morgan fingerprint density at radius 2 is 1.32 bits per heavy atom. The molecule has 0 aliphatic carbocycles. The summed E-state index contributed by atoms with van der Waals surface area (Å²) >= 11 is 0. The molecule has 4 rings (SSSR count). The third kappa shape index (κ3) is 3.70. The topological polar surface area (TPSA) is 58.1 Å². The minimum atomic E-state index is 0.273. The summed E-state index contributed by atoms with van der Waals surface area (Å²) < 4.78 is 10.9. The maximum atomic E-state index is 9.84. The van der Waals surface area contributed by atoms with Crippen molar-refractivity contribution in [1.82, 2.24) is 4.98 Å². The SMILES string of the molecule is Oc1cccc(-c2cc(N3CCOCC3)nc(N3CCOCC3)c2)c1. The highest BCUT2D eigenvalue weighted by Gasteiger charge is 2.18. The van der Waals surface area contributed by atoms with Crippen LogP contribution < -0.4 is 9.80 Å². The van der Waals surface area contributed by atoms with Crippen molar-refractivity contribution in [2.75, 3.05) is 62.4 Å². The molecule has 1 N–H and O–H groups in total. The van der Waals surface area contributed by atoms with Crippen molar-refractivity contribution in [1.29, 1.82) is 0 Å². The average molecular weight is 341 g/mol. The molecule has 2 aliphatic heterocycles. The second-order valence-electron chi connectivity index (χ2n) is 6.32. The first-order chi connectivity index (χ1) is 12.3. The Bertz CT molecular complexity index is 689. The van der Waals surface area contributed by atoms with Gasteiger partial charge in [-0.3, -0.25) is 0 Å². The molecular formula is C19H23N3O3. The van der Waals surface area contributed by atoms with E-state index in [0.717, 1.165) is 75.4 Å². The van der Waals surface area contributed by atoms with Gasteiger partial charge in [-0.2, -0.15) is 0 Å². The second kappa shape index (κ2) is 7.29. The molecule has 2 fully saturated rings. The molecule has 0 amide bonds. The minimum absolute atomic E-state index is 0.273. The van der Waals surface area contributed by atoms with E-state index in [9.17, 15) is 5.11 Å². The van der Waals surface area contributed by atoms with Crippen LogP contribution in [-0.4, -0.2) is 62.7 Å². The van der Waals surface area contributed by atoms with Gasteiger partial charge in [0.2, 0.25) is 0 Å². The predicted molar refractivity (Wildman–Crippen MR) is 97.4 cm³/mol. The molecule has 6 nitrogen and oxygen atoms in total. The van der Waals surface area contributed by atoms with Crippen molar-refractivity contribution in [3.8, 4) is 16.9 Å². The molecule has 132 valence electrons. The second-order valence-corrected chi connectivity index (χ2v) is 6.32. The highest BCUT2D eigenvalue weighted by Crippen LogP contribution is 2.30. The molecule has 3 heterocycles. The highest BCUT2D eigenvalue weighted by atomic mass is 16.5. The van der Waals surface area contributed by atoms with Crippen molar-refractivity contribution < 1.29 is 14.6 Å². The maximum Gasteiger partial charge on any atom is 0.131 e. The molecule has 0 atom stereocenters. The maximum absolute atomic E-state index is 9.84. The number of ether oxygens (including phenoxy) is 2. The van der Waals surface area contributed by atoms with Crippen molar-refractivity contribution in [2.45, 2.75) is 0 Å². The molecule has 25 heavy (non-hydrogen) atoms. The number of phenolic OH excluding ortho intramolecular Hbond substituents is 1. The van der Waals surface area contributed by atoms with E-state index in [0.29, 0.717) is 0 Å². The van der Waals surface area contributed by atoms with Gasteiger partial charge < -0.3 is 24.4 Å². The number of rotatable bonds is 3. The van der Waals surface area contributed by atoms with Gasteiger partial charge in [-0.15, -0.1) is 0 Å². The summed E-state index contributed by atoms with van der Waals surface area (Å²) in [5, 5.41) is 9.84. The molecule has 0 saturated carbocycles. The summed E-state index contributed by atoms with van der Waals surface area (Å²) in [5.74, 6) is 2.20. The number of pyridine rings is 1. The lowest BCUT2D eigenvalue weighted by atomic mass is 10.1. The van der Waals surface area contributed by atoms with Gasteiger partial charge >= 0.3 is 0 Å². The van der Waals surface area contributed by atoms with Gasteiger partial charge in [0.25, 0.3) is 0 Å². The molecule has 2 saturated heterocycles. The van der Waals surface area contributed by atoms with Gasteiger partial charge in [0, 0.05) is 26.2 Å². The normalized spacial score (nSPS) is 18.4. The van der Waals surface area contributed by atoms with Crippen LogP contribution in [0.25, 0.3) is 11.1 Å². The monoisotopic (exact) mass is 341 g/mol. The van der Waals surface area contributed by atoms with Crippen LogP contribution in [-0.2, 0) is 9.47 Å². The Balaban J connectivity index is 1.73. The van der Waals surface area contributed by atoms with E-state index < -0.39 is 0 Å². The number of hydrogen-bond acceptors (Lipinski definition) is 6. The fraction of sp³-hybridized carbons (Fsp3) is 0.421. The average Bonchev–Trinajstić information content (AvgIpc) is 2.69. The summed E-state index contributed by atoms with van der Waals surface area (Å²) in [6.45, 7) is 6.29. The molecule has 6 heteroatoms. The van der Waals surface area contributed by atoms with Crippen molar-refractivity contribution in [3.05, 3.63) is 36.4 Å². The third-order valence-corrected chi connectivity index (χ3v) is 4.65. The van der Waals surface area contributed by atoms with Gasteiger partial charge in [-0.05, 0) is 35.4 Å². The minimum Gasteiger partial charge on any atom is -0.508 e. The lowest BCUT2D eigenvalue weighted by molar-refractivity contribution is 0.121. The zero-order valence-corrected chi connectivity index (χ0v) is 14.2. The van der Waals surface area contributed by atoms with Crippen LogP contribution >= 0.6 is 0 Å². The Kier molecular flexibility index (Phi) is 4.72. The van der Waals surface area contributed by atoms with Crippen molar-refractivity contribution in [3.63, 3.8) is 0 Å². The molecule has 0 bridgehead atoms.